The maximum atomic E-state index is 11.4. The van der Waals surface area contributed by atoms with Crippen LogP contribution in [0.15, 0.2) is 4.52 Å². The topological polar surface area (TPSA) is 46.3 Å². The highest BCUT2D eigenvalue weighted by molar-refractivity contribution is 5.92. The lowest BCUT2D eigenvalue weighted by Crippen LogP contribution is -2.21. The van der Waals surface area contributed by atoms with Crippen molar-refractivity contribution >= 4 is 5.91 Å². The van der Waals surface area contributed by atoms with Crippen molar-refractivity contribution in [2.45, 2.75) is 13.8 Å². The van der Waals surface area contributed by atoms with Gasteiger partial charge in [-0.05, 0) is 13.8 Å². The monoisotopic (exact) mass is 168 g/mol. The number of nitrogens with zero attached hydrogens (tertiary/aromatic N) is 2. The largest absolute Gasteiger partial charge is 0.350 e. The van der Waals surface area contributed by atoms with E-state index in [0.717, 1.165) is 11.3 Å². The molecule has 1 heterocycles. The number of aryl methyl sites for hydroxylation is 1. The molecule has 0 N–H and O–H groups in total. The molecular weight excluding hydrogens is 156 g/mol. The van der Waals surface area contributed by atoms with Crippen molar-refractivity contribution in [1.82, 2.24) is 10.1 Å². The Morgan fingerprint density at radius 1 is 1.42 bits per heavy atom. The molecule has 4 heteroatoms. The van der Waals surface area contributed by atoms with Crippen molar-refractivity contribution in [3.05, 3.63) is 17.0 Å². The van der Waals surface area contributed by atoms with Crippen LogP contribution in [0.2, 0.25) is 0 Å². The van der Waals surface area contributed by atoms with Gasteiger partial charge in [0.05, 0.1) is 5.69 Å². The average Bonchev–Trinajstić information content (AvgIpc) is 2.32. The van der Waals surface area contributed by atoms with Crippen LogP contribution in [-0.4, -0.2) is 30.1 Å². The van der Waals surface area contributed by atoms with Crippen LogP contribution in [-0.2, 0) is 0 Å². The molecule has 0 aromatic carbocycles. The Morgan fingerprint density at radius 2 is 2.00 bits per heavy atom. The summed E-state index contributed by atoms with van der Waals surface area (Å²) >= 11 is 0. The van der Waals surface area contributed by atoms with Gasteiger partial charge in [-0.2, -0.15) is 0 Å². The zero-order chi connectivity index (χ0) is 9.30. The molecule has 1 aromatic heterocycles. The number of amides is 1. The standard InChI is InChI=1S/C8H12N2O2/c1-5-6(2)9-12-7(5)8(11)10(3)4/h1-4H3. The maximum Gasteiger partial charge on any atom is 0.292 e. The molecule has 0 saturated carbocycles. The summed E-state index contributed by atoms with van der Waals surface area (Å²) in [6, 6.07) is 0. The number of rotatable bonds is 1. The van der Waals surface area contributed by atoms with E-state index in [-0.39, 0.29) is 5.91 Å². The van der Waals surface area contributed by atoms with E-state index in [4.69, 9.17) is 4.52 Å². The molecule has 0 fully saturated rings. The molecule has 1 aromatic rings. The minimum Gasteiger partial charge on any atom is -0.350 e. The van der Waals surface area contributed by atoms with Gasteiger partial charge >= 0.3 is 0 Å². The normalized spacial score (nSPS) is 10.0. The van der Waals surface area contributed by atoms with Gasteiger partial charge < -0.3 is 9.42 Å². The number of carbonyl (C=O) groups excluding carboxylic acids is 1. The Bertz CT molecular complexity index is 302. The number of hydrogen-bond acceptors (Lipinski definition) is 3. The van der Waals surface area contributed by atoms with E-state index in [2.05, 4.69) is 5.16 Å². The van der Waals surface area contributed by atoms with E-state index < -0.39 is 0 Å². The van der Waals surface area contributed by atoms with E-state index in [0.29, 0.717) is 5.76 Å². The van der Waals surface area contributed by atoms with Crippen molar-refractivity contribution in [2.24, 2.45) is 0 Å². The molecule has 4 nitrogen and oxygen atoms in total. The van der Waals surface area contributed by atoms with Gasteiger partial charge in [-0.15, -0.1) is 0 Å². The molecule has 0 atom stereocenters. The van der Waals surface area contributed by atoms with Gasteiger partial charge in [0.1, 0.15) is 0 Å². The molecule has 0 saturated heterocycles. The van der Waals surface area contributed by atoms with Gasteiger partial charge in [0.2, 0.25) is 5.76 Å². The average molecular weight is 168 g/mol. The van der Waals surface area contributed by atoms with Crippen LogP contribution >= 0.6 is 0 Å². The van der Waals surface area contributed by atoms with E-state index in [1.165, 1.54) is 4.90 Å². The van der Waals surface area contributed by atoms with Crippen molar-refractivity contribution < 1.29 is 9.32 Å². The van der Waals surface area contributed by atoms with Crippen LogP contribution < -0.4 is 0 Å². The van der Waals surface area contributed by atoms with Crippen molar-refractivity contribution in [3.63, 3.8) is 0 Å². The fraction of sp³-hybridized carbons (Fsp3) is 0.500. The molecule has 0 aliphatic heterocycles. The Labute approximate surface area is 71.1 Å². The zero-order valence-electron chi connectivity index (χ0n) is 7.71. The Balaban J connectivity index is 3.04. The minimum absolute atomic E-state index is 0.145. The van der Waals surface area contributed by atoms with Crippen LogP contribution in [0.5, 0.6) is 0 Å². The van der Waals surface area contributed by atoms with Crippen LogP contribution in [0.25, 0.3) is 0 Å². The van der Waals surface area contributed by atoms with Gasteiger partial charge in [-0.1, -0.05) is 5.16 Å². The van der Waals surface area contributed by atoms with Crippen molar-refractivity contribution in [1.29, 1.82) is 0 Å². The van der Waals surface area contributed by atoms with Crippen LogP contribution in [0, 0.1) is 13.8 Å². The molecule has 0 bridgehead atoms. The van der Waals surface area contributed by atoms with Crippen LogP contribution in [0.4, 0.5) is 0 Å². The lowest BCUT2D eigenvalue weighted by molar-refractivity contribution is 0.0786. The second-order valence-corrected chi connectivity index (χ2v) is 2.92. The highest BCUT2D eigenvalue weighted by Gasteiger charge is 2.17. The van der Waals surface area contributed by atoms with Gasteiger partial charge in [0.15, 0.2) is 0 Å². The Morgan fingerprint density at radius 3 is 2.33 bits per heavy atom. The lowest BCUT2D eigenvalue weighted by Gasteiger charge is -2.06. The third kappa shape index (κ3) is 1.32. The fourth-order valence-electron chi connectivity index (χ4n) is 0.818. The summed E-state index contributed by atoms with van der Waals surface area (Å²) in [4.78, 5) is 12.8. The van der Waals surface area contributed by atoms with Crippen LogP contribution in [0.3, 0.4) is 0 Å². The zero-order valence-corrected chi connectivity index (χ0v) is 7.71. The molecular formula is C8H12N2O2. The molecule has 0 radical (unpaired) electrons. The van der Waals surface area contributed by atoms with E-state index in [9.17, 15) is 4.79 Å². The second kappa shape index (κ2) is 2.97. The number of carbonyl (C=O) groups is 1. The van der Waals surface area contributed by atoms with E-state index >= 15 is 0 Å². The highest BCUT2D eigenvalue weighted by Crippen LogP contribution is 2.12. The molecule has 12 heavy (non-hydrogen) atoms. The molecule has 1 amide bonds. The van der Waals surface area contributed by atoms with Gasteiger partial charge in [-0.25, -0.2) is 0 Å². The summed E-state index contributed by atoms with van der Waals surface area (Å²) < 4.78 is 4.88. The van der Waals surface area contributed by atoms with Crippen LogP contribution in [0.1, 0.15) is 21.8 Å². The van der Waals surface area contributed by atoms with Gasteiger partial charge in [0, 0.05) is 19.7 Å². The van der Waals surface area contributed by atoms with Crippen molar-refractivity contribution in [2.75, 3.05) is 14.1 Å². The second-order valence-electron chi connectivity index (χ2n) is 2.92. The smallest absolute Gasteiger partial charge is 0.292 e. The van der Waals surface area contributed by atoms with Gasteiger partial charge in [-0.3, -0.25) is 4.79 Å². The van der Waals surface area contributed by atoms with E-state index in [1.807, 2.05) is 13.8 Å². The summed E-state index contributed by atoms with van der Waals surface area (Å²) in [7, 11) is 3.36. The van der Waals surface area contributed by atoms with E-state index in [1.54, 1.807) is 14.1 Å². The Kier molecular flexibility index (Phi) is 2.17. The first-order valence-corrected chi connectivity index (χ1v) is 3.68. The highest BCUT2D eigenvalue weighted by atomic mass is 16.5. The number of aromatic nitrogens is 1. The Hall–Kier alpha value is -1.32. The maximum absolute atomic E-state index is 11.4. The first-order chi connectivity index (χ1) is 5.54. The lowest BCUT2D eigenvalue weighted by atomic mass is 10.2. The number of hydrogen-bond donors (Lipinski definition) is 0. The molecule has 1 rings (SSSR count). The third-order valence-corrected chi connectivity index (χ3v) is 1.76. The summed E-state index contributed by atoms with van der Waals surface area (Å²) in [5, 5.41) is 3.70. The minimum atomic E-state index is -0.145. The summed E-state index contributed by atoms with van der Waals surface area (Å²) in [5.41, 5.74) is 1.58. The predicted octanol–water partition coefficient (Wildman–Crippen LogP) is 0.993. The predicted molar refractivity (Wildman–Crippen MR) is 44.0 cm³/mol. The molecule has 0 spiro atoms. The van der Waals surface area contributed by atoms with Crippen molar-refractivity contribution in [3.8, 4) is 0 Å². The molecule has 0 unspecified atom stereocenters. The summed E-state index contributed by atoms with van der Waals surface area (Å²) in [5.74, 6) is 0.186. The third-order valence-electron chi connectivity index (χ3n) is 1.76. The van der Waals surface area contributed by atoms with Gasteiger partial charge in [0.25, 0.3) is 5.91 Å². The SMILES string of the molecule is Cc1noc(C(=O)N(C)C)c1C. The first kappa shape index (κ1) is 8.77. The molecule has 0 aliphatic rings. The quantitative estimate of drug-likeness (QED) is 0.628. The summed E-state index contributed by atoms with van der Waals surface area (Å²) in [6.07, 6.45) is 0. The fourth-order valence-corrected chi connectivity index (χ4v) is 0.818. The summed E-state index contributed by atoms with van der Waals surface area (Å²) in [6.45, 7) is 3.63. The molecule has 66 valence electrons. The molecule has 0 aliphatic carbocycles. The first-order valence-electron chi connectivity index (χ1n) is 3.68.